The summed E-state index contributed by atoms with van der Waals surface area (Å²) in [5.74, 6) is -1.75. The van der Waals surface area contributed by atoms with Gasteiger partial charge in [-0.1, -0.05) is 17.9 Å². The van der Waals surface area contributed by atoms with Crippen molar-refractivity contribution in [3.05, 3.63) is 23.8 Å². The number of phenolic OH excluding ortho intramolecular Hbond substituents is 1. The average molecular weight is 346 g/mol. The topological polar surface area (TPSA) is 128 Å². The zero-order valence-corrected chi connectivity index (χ0v) is 12.4. The smallest absolute Gasteiger partial charge is 0.870 e. The maximum absolute atomic E-state index is 11.3. The number of phenols is 1. The number of carboxylic acid groups (broad SMARTS) is 1. The van der Waals surface area contributed by atoms with Gasteiger partial charge in [0.1, 0.15) is 5.75 Å². The third-order valence-corrected chi connectivity index (χ3v) is 1.96. The van der Waals surface area contributed by atoms with Gasteiger partial charge in [0, 0.05) is 25.3 Å². The van der Waals surface area contributed by atoms with Crippen molar-refractivity contribution in [2.75, 3.05) is 26.2 Å². The molecule has 0 aromatic heterocycles. The van der Waals surface area contributed by atoms with Gasteiger partial charge in [0.2, 0.25) is 0 Å². The number of benzene rings is 1. The molecule has 0 bridgehead atoms. The van der Waals surface area contributed by atoms with Gasteiger partial charge in [-0.05, 0) is 18.6 Å². The van der Waals surface area contributed by atoms with Crippen molar-refractivity contribution in [1.29, 1.82) is 0 Å². The van der Waals surface area contributed by atoms with Gasteiger partial charge in [-0.3, -0.25) is 4.99 Å². The van der Waals surface area contributed by atoms with Crippen LogP contribution in [0.4, 0.5) is 0 Å². The number of carboxylic acids is 1. The van der Waals surface area contributed by atoms with Crippen LogP contribution in [0.25, 0.3) is 0 Å². The Labute approximate surface area is 133 Å². The molecule has 0 heterocycles. The summed E-state index contributed by atoms with van der Waals surface area (Å²) in [5.41, 5.74) is 0.377. The number of carbonyl (C=O) groups is 1. The van der Waals surface area contributed by atoms with Crippen molar-refractivity contribution in [3.8, 4) is 11.5 Å². The van der Waals surface area contributed by atoms with E-state index in [1.165, 1.54) is 12.3 Å². The summed E-state index contributed by atoms with van der Waals surface area (Å²) in [6.45, 7) is 2.77. The summed E-state index contributed by atoms with van der Waals surface area (Å²) >= 11 is 0. The molecule has 0 unspecified atom stereocenters. The minimum Gasteiger partial charge on any atom is -0.870 e. The van der Waals surface area contributed by atoms with Crippen LogP contribution in [-0.4, -0.2) is 48.6 Å². The molecule has 0 amide bonds. The van der Waals surface area contributed by atoms with E-state index in [0.29, 0.717) is 25.2 Å². The number of nitrogens with one attached hydrogen (secondary N) is 1. The number of aromatic hydroxyl groups is 1. The number of carbonyl (C=O) groups excluding carboxylic acids is 1. The van der Waals surface area contributed by atoms with Crippen molar-refractivity contribution in [2.45, 2.75) is 6.92 Å². The van der Waals surface area contributed by atoms with E-state index in [1.54, 1.807) is 12.1 Å². The zero-order chi connectivity index (χ0) is 15.4. The molecule has 0 fully saturated rings. The second-order valence-electron chi connectivity index (χ2n) is 3.70. The van der Waals surface area contributed by atoms with Gasteiger partial charge in [0.25, 0.3) is 0 Å². The van der Waals surface area contributed by atoms with Crippen LogP contribution in [0.5, 0.6) is 11.5 Å². The maximum atomic E-state index is 11.3. The fourth-order valence-corrected chi connectivity index (χ4v) is 1.15. The van der Waals surface area contributed by atoms with Crippen molar-refractivity contribution in [3.63, 3.8) is 0 Å². The van der Waals surface area contributed by atoms with E-state index < -0.39 is 11.7 Å². The van der Waals surface area contributed by atoms with Crippen LogP contribution in [-0.2, 0) is 21.9 Å². The predicted molar refractivity (Wildman–Crippen MR) is 70.7 cm³/mol. The molecule has 0 aliphatic carbocycles. The molecule has 1 aromatic rings. The van der Waals surface area contributed by atoms with Crippen molar-refractivity contribution < 1.29 is 42.3 Å². The van der Waals surface area contributed by atoms with Gasteiger partial charge in [-0.15, -0.1) is 0 Å². The minimum absolute atomic E-state index is 0. The SMILES string of the molecule is CC(=O)[O-].[Cu+2].[O-]c1c(O)cccc1C=NCCNCCO. The molecule has 8 heteroatoms. The molecule has 7 nitrogen and oxygen atoms in total. The van der Waals surface area contributed by atoms with Gasteiger partial charge in [-0.25, -0.2) is 0 Å². The average Bonchev–Trinajstić information content (AvgIpc) is 2.38. The number of para-hydroxylation sites is 1. The van der Waals surface area contributed by atoms with Crippen LogP contribution in [0.1, 0.15) is 12.5 Å². The Bertz CT molecular complexity index is 437. The second-order valence-corrected chi connectivity index (χ2v) is 3.70. The molecule has 3 N–H and O–H groups in total. The standard InChI is InChI=1S/C11H16N2O3.C2H4O2.Cu/c14-7-6-12-4-5-13-8-9-2-1-3-10(15)11(9)16;1-2(3)4;/h1-3,8,12,14-16H,4-7H2;1H3,(H,3,4);/q;;+2/p-2. The summed E-state index contributed by atoms with van der Waals surface area (Å²) in [5, 5.41) is 40.8. The molecule has 0 aliphatic rings. The van der Waals surface area contributed by atoms with Crippen LogP contribution in [0.2, 0.25) is 0 Å². The molecule has 1 radical (unpaired) electrons. The normalized spacial score (nSPS) is 9.62. The molecule has 0 aliphatic heterocycles. The van der Waals surface area contributed by atoms with Crippen LogP contribution >= 0.6 is 0 Å². The summed E-state index contributed by atoms with van der Waals surface area (Å²) in [7, 11) is 0. The van der Waals surface area contributed by atoms with Crippen molar-refractivity contribution in [1.82, 2.24) is 5.32 Å². The van der Waals surface area contributed by atoms with E-state index in [0.717, 1.165) is 6.92 Å². The number of hydrogen-bond acceptors (Lipinski definition) is 7. The first-order valence-electron chi connectivity index (χ1n) is 5.97. The minimum atomic E-state index is -1.08. The van der Waals surface area contributed by atoms with Gasteiger partial charge in [0.05, 0.1) is 13.2 Å². The molecule has 121 valence electrons. The largest absolute Gasteiger partial charge is 2.00 e. The Kier molecular flexibility index (Phi) is 13.8. The molecular weight excluding hydrogens is 328 g/mol. The van der Waals surface area contributed by atoms with Gasteiger partial charge < -0.3 is 30.5 Å². The summed E-state index contributed by atoms with van der Waals surface area (Å²) in [6, 6.07) is 4.55. The molecule has 0 saturated heterocycles. The number of aliphatic carboxylic acids is 1. The van der Waals surface area contributed by atoms with E-state index in [1.807, 2.05) is 0 Å². The summed E-state index contributed by atoms with van der Waals surface area (Å²) in [4.78, 5) is 12.9. The van der Waals surface area contributed by atoms with E-state index in [2.05, 4.69) is 10.3 Å². The number of aliphatic hydroxyl groups excluding tert-OH is 1. The zero-order valence-electron chi connectivity index (χ0n) is 11.5. The number of nitrogens with zero attached hydrogens (tertiary/aromatic N) is 1. The van der Waals surface area contributed by atoms with Gasteiger partial charge >= 0.3 is 17.1 Å². The Morgan fingerprint density at radius 1 is 1.43 bits per heavy atom. The number of aliphatic imine (C=N–C) groups is 1. The Hall–Kier alpha value is -1.60. The molecule has 0 saturated carbocycles. The number of hydrogen-bond donors (Lipinski definition) is 3. The quantitative estimate of drug-likeness (QED) is 0.318. The van der Waals surface area contributed by atoms with Gasteiger partial charge in [-0.2, -0.15) is 0 Å². The molecule has 0 spiro atoms. The van der Waals surface area contributed by atoms with E-state index in [-0.39, 0.29) is 29.4 Å². The first-order chi connectivity index (χ1) is 9.49. The Morgan fingerprint density at radius 2 is 2.05 bits per heavy atom. The van der Waals surface area contributed by atoms with E-state index in [4.69, 9.17) is 20.1 Å². The fraction of sp³-hybridized carbons (Fsp3) is 0.385. The second kappa shape index (κ2) is 13.4. The molecule has 1 rings (SSSR count). The van der Waals surface area contributed by atoms with E-state index >= 15 is 0 Å². The van der Waals surface area contributed by atoms with Crippen LogP contribution in [0, 0.1) is 0 Å². The fourth-order valence-electron chi connectivity index (χ4n) is 1.15. The molecular formula is C13H18CuN2O5. The van der Waals surface area contributed by atoms with Crippen molar-refractivity contribution in [2.24, 2.45) is 4.99 Å². The third-order valence-electron chi connectivity index (χ3n) is 1.96. The Balaban J connectivity index is 0. The predicted octanol–water partition coefficient (Wildman–Crippen LogP) is -1.78. The number of rotatable bonds is 6. The molecule has 1 aromatic carbocycles. The first kappa shape index (κ1) is 21.7. The van der Waals surface area contributed by atoms with E-state index in [9.17, 15) is 5.11 Å². The summed E-state index contributed by atoms with van der Waals surface area (Å²) < 4.78 is 0. The Morgan fingerprint density at radius 3 is 2.62 bits per heavy atom. The maximum Gasteiger partial charge on any atom is 2.00 e. The van der Waals surface area contributed by atoms with Crippen LogP contribution < -0.4 is 15.5 Å². The molecule has 21 heavy (non-hydrogen) atoms. The van der Waals surface area contributed by atoms with Crippen molar-refractivity contribution >= 4 is 12.2 Å². The summed E-state index contributed by atoms with van der Waals surface area (Å²) in [6.07, 6.45) is 1.45. The first-order valence-corrected chi connectivity index (χ1v) is 5.97. The van der Waals surface area contributed by atoms with Crippen LogP contribution in [0.3, 0.4) is 0 Å². The third kappa shape index (κ3) is 11.9. The number of aliphatic hydroxyl groups is 1. The van der Waals surface area contributed by atoms with Gasteiger partial charge in [0.15, 0.2) is 0 Å². The molecule has 0 atom stereocenters. The van der Waals surface area contributed by atoms with Crippen LogP contribution in [0.15, 0.2) is 23.2 Å². The monoisotopic (exact) mass is 345 g/mol.